The zero-order valence-electron chi connectivity index (χ0n) is 19.4. The average molecular weight is 491 g/mol. The van der Waals surface area contributed by atoms with Crippen molar-refractivity contribution in [2.45, 2.75) is 55.9 Å². The van der Waals surface area contributed by atoms with Gasteiger partial charge in [0.2, 0.25) is 0 Å². The van der Waals surface area contributed by atoms with Crippen LogP contribution in [0.1, 0.15) is 41.9 Å². The summed E-state index contributed by atoms with van der Waals surface area (Å²) >= 11 is 1.60. The number of carbonyl (C=O) groups excluding carboxylic acids is 1. The number of aromatic nitrogens is 3. The number of carbonyl (C=O) groups is 1. The minimum Gasteiger partial charge on any atom is -0.550 e. The van der Waals surface area contributed by atoms with Crippen LogP contribution in [0, 0.1) is 0 Å². The molecule has 0 aromatic carbocycles. The second-order valence-corrected chi connectivity index (χ2v) is 9.82. The molecule has 2 atom stereocenters. The van der Waals surface area contributed by atoms with Gasteiger partial charge in [-0.05, 0) is 48.7 Å². The zero-order chi connectivity index (χ0) is 24.5. The van der Waals surface area contributed by atoms with Crippen molar-refractivity contribution >= 4 is 24.8 Å². The van der Waals surface area contributed by atoms with Gasteiger partial charge in [0.15, 0.2) is 0 Å². The highest BCUT2D eigenvalue weighted by Gasteiger charge is 2.35. The van der Waals surface area contributed by atoms with Crippen LogP contribution >= 0.6 is 11.8 Å². The topological polar surface area (TPSA) is 112 Å². The Morgan fingerprint density at radius 1 is 1.00 bits per heavy atom. The maximum Gasteiger partial charge on any atom is 0.468 e. The first-order valence-corrected chi connectivity index (χ1v) is 12.7. The molecule has 3 aromatic heterocycles. The Kier molecular flexibility index (Phi) is 9.25. The molecule has 0 saturated carbocycles. The Bertz CT molecular complexity index is 1020. The van der Waals surface area contributed by atoms with Gasteiger partial charge in [0.25, 0.3) is 0 Å². The molecule has 4 heterocycles. The molecule has 0 radical (unpaired) electrons. The van der Waals surface area contributed by atoms with Crippen molar-refractivity contribution in [1.82, 2.24) is 19.9 Å². The van der Waals surface area contributed by atoms with E-state index in [-0.39, 0.29) is 11.6 Å². The van der Waals surface area contributed by atoms with Crippen LogP contribution in [0.3, 0.4) is 0 Å². The van der Waals surface area contributed by atoms with E-state index in [0.29, 0.717) is 38.2 Å². The molecular formula is C25H28BN4O4S-. The Balaban J connectivity index is 1.32. The van der Waals surface area contributed by atoms with E-state index in [2.05, 4.69) is 25.9 Å². The SMILES string of the molecule is O=C([O-])C[C@@H]1CC[C@H](SCc2ccc(CN(Cc3ccccn3)Cc3ccccn3)nc2)B(O)O1. The van der Waals surface area contributed by atoms with E-state index in [1.54, 1.807) is 24.2 Å². The van der Waals surface area contributed by atoms with Gasteiger partial charge >= 0.3 is 7.12 Å². The highest BCUT2D eigenvalue weighted by atomic mass is 32.2. The van der Waals surface area contributed by atoms with Gasteiger partial charge in [-0.1, -0.05) is 18.2 Å². The molecule has 4 rings (SSSR count). The van der Waals surface area contributed by atoms with Crippen LogP contribution in [0.25, 0.3) is 0 Å². The van der Waals surface area contributed by atoms with E-state index in [1.807, 2.05) is 48.7 Å². The smallest absolute Gasteiger partial charge is 0.468 e. The van der Waals surface area contributed by atoms with E-state index in [1.165, 1.54) is 0 Å². The van der Waals surface area contributed by atoms with E-state index in [9.17, 15) is 14.9 Å². The van der Waals surface area contributed by atoms with E-state index < -0.39 is 19.2 Å². The molecule has 1 saturated heterocycles. The van der Waals surface area contributed by atoms with Crippen LogP contribution in [-0.4, -0.2) is 49.2 Å². The van der Waals surface area contributed by atoms with Gasteiger partial charge in [-0.3, -0.25) is 19.9 Å². The fourth-order valence-corrected chi connectivity index (χ4v) is 5.13. The molecule has 0 amide bonds. The van der Waals surface area contributed by atoms with Crippen LogP contribution in [0.2, 0.25) is 0 Å². The first kappa shape index (κ1) is 25.3. The fourth-order valence-electron chi connectivity index (χ4n) is 4.02. The molecule has 0 spiro atoms. The molecule has 0 unspecified atom stereocenters. The van der Waals surface area contributed by atoms with Crippen molar-refractivity contribution in [3.8, 4) is 0 Å². The number of nitrogens with zero attached hydrogens (tertiary/aromatic N) is 4. The average Bonchev–Trinajstić information content (AvgIpc) is 2.85. The van der Waals surface area contributed by atoms with Crippen molar-refractivity contribution in [1.29, 1.82) is 0 Å². The summed E-state index contributed by atoms with van der Waals surface area (Å²) in [6.07, 6.45) is 6.11. The monoisotopic (exact) mass is 491 g/mol. The molecule has 1 aliphatic rings. The summed E-state index contributed by atoms with van der Waals surface area (Å²) in [7, 11) is -0.975. The van der Waals surface area contributed by atoms with E-state index in [0.717, 1.165) is 22.6 Å². The fraction of sp³-hybridized carbons (Fsp3) is 0.360. The van der Waals surface area contributed by atoms with Crippen LogP contribution < -0.4 is 5.11 Å². The molecule has 1 N–H and O–H groups in total. The summed E-state index contributed by atoms with van der Waals surface area (Å²) in [5.74, 6) is -0.465. The molecule has 182 valence electrons. The summed E-state index contributed by atoms with van der Waals surface area (Å²) in [5, 5.41) is 20.9. The summed E-state index contributed by atoms with van der Waals surface area (Å²) in [5.41, 5.74) is 4.00. The number of carboxylic acid groups (broad SMARTS) is 1. The molecule has 8 nitrogen and oxygen atoms in total. The number of thioether (sulfide) groups is 1. The van der Waals surface area contributed by atoms with Crippen molar-refractivity contribution in [2.75, 3.05) is 0 Å². The van der Waals surface area contributed by atoms with Gasteiger partial charge < -0.3 is 19.6 Å². The highest BCUT2D eigenvalue weighted by molar-refractivity contribution is 8.00. The predicted molar refractivity (Wildman–Crippen MR) is 132 cm³/mol. The van der Waals surface area contributed by atoms with Crippen LogP contribution in [0.15, 0.2) is 67.1 Å². The second-order valence-electron chi connectivity index (χ2n) is 8.60. The Hall–Kier alpha value is -2.79. The minimum absolute atomic E-state index is 0.0973. The summed E-state index contributed by atoms with van der Waals surface area (Å²) in [6, 6.07) is 15.9. The first-order valence-electron chi connectivity index (χ1n) is 11.7. The third-order valence-electron chi connectivity index (χ3n) is 5.78. The Morgan fingerprint density at radius 2 is 1.66 bits per heavy atom. The second kappa shape index (κ2) is 12.8. The lowest BCUT2D eigenvalue weighted by Gasteiger charge is -2.31. The van der Waals surface area contributed by atoms with E-state index >= 15 is 0 Å². The molecule has 0 aliphatic carbocycles. The molecule has 35 heavy (non-hydrogen) atoms. The molecule has 10 heteroatoms. The van der Waals surface area contributed by atoms with Gasteiger partial charge in [-0.2, -0.15) is 11.8 Å². The lowest BCUT2D eigenvalue weighted by Crippen LogP contribution is -2.43. The Morgan fingerprint density at radius 3 is 2.17 bits per heavy atom. The quantitative estimate of drug-likeness (QED) is 0.403. The number of hydrogen-bond donors (Lipinski definition) is 1. The van der Waals surface area contributed by atoms with Crippen molar-refractivity contribution in [3.05, 3.63) is 89.8 Å². The van der Waals surface area contributed by atoms with Crippen molar-refractivity contribution in [3.63, 3.8) is 0 Å². The maximum absolute atomic E-state index is 10.7. The van der Waals surface area contributed by atoms with Gasteiger partial charge in [0.05, 0.1) is 17.1 Å². The van der Waals surface area contributed by atoms with Gasteiger partial charge in [0.1, 0.15) is 0 Å². The van der Waals surface area contributed by atoms with Crippen molar-refractivity contribution in [2.24, 2.45) is 0 Å². The van der Waals surface area contributed by atoms with Gasteiger partial charge in [-0.15, -0.1) is 0 Å². The summed E-state index contributed by atoms with van der Waals surface area (Å²) in [4.78, 5) is 26.6. The van der Waals surface area contributed by atoms with Gasteiger partial charge in [-0.25, -0.2) is 0 Å². The van der Waals surface area contributed by atoms with Crippen LogP contribution in [0.5, 0.6) is 0 Å². The standard InChI is InChI=1S/C25H29BN4O4S/c31-25(32)13-23-9-10-24(26(33)34-23)35-18-19-7-8-22(29-14-19)17-30(15-20-5-1-3-11-27-20)16-21-6-2-4-12-28-21/h1-8,11-12,14,23-24,33H,9-10,13,15-18H2,(H,31,32)/p-1/t23-,24-/m0/s1. The minimum atomic E-state index is -1.15. The third-order valence-corrected chi connectivity index (χ3v) is 7.17. The molecular weight excluding hydrogens is 463 g/mol. The predicted octanol–water partition coefficient (Wildman–Crippen LogP) is 2.01. The molecule has 1 fully saturated rings. The first-order chi connectivity index (χ1) is 17.0. The third kappa shape index (κ3) is 8.14. The van der Waals surface area contributed by atoms with Crippen LogP contribution in [0.4, 0.5) is 0 Å². The number of hydrogen-bond acceptors (Lipinski definition) is 9. The lowest BCUT2D eigenvalue weighted by atomic mass is 9.77. The lowest BCUT2D eigenvalue weighted by molar-refractivity contribution is -0.307. The van der Waals surface area contributed by atoms with E-state index in [4.69, 9.17) is 4.65 Å². The Labute approximate surface area is 209 Å². The molecule has 0 bridgehead atoms. The maximum atomic E-state index is 10.7. The van der Waals surface area contributed by atoms with Gasteiger partial charge in [0, 0.05) is 67.6 Å². The zero-order valence-corrected chi connectivity index (χ0v) is 20.2. The number of pyridine rings is 3. The largest absolute Gasteiger partial charge is 0.550 e. The molecule has 1 aliphatic heterocycles. The number of aliphatic carboxylic acids is 1. The van der Waals surface area contributed by atoms with Crippen molar-refractivity contribution < 1.29 is 19.6 Å². The number of rotatable bonds is 11. The van der Waals surface area contributed by atoms with Crippen LogP contribution in [-0.2, 0) is 34.8 Å². The normalized spacial score (nSPS) is 18.1. The molecule has 3 aromatic rings. The highest BCUT2D eigenvalue weighted by Crippen LogP contribution is 2.29. The summed E-state index contributed by atoms with van der Waals surface area (Å²) < 4.78 is 5.44. The summed E-state index contributed by atoms with van der Waals surface area (Å²) in [6.45, 7) is 2.04. The number of carboxylic acids is 1.